The van der Waals surface area contributed by atoms with E-state index in [0.29, 0.717) is 37.2 Å². The van der Waals surface area contributed by atoms with Gasteiger partial charge in [0.1, 0.15) is 12.4 Å². The second-order valence-electron chi connectivity index (χ2n) is 5.29. The molecular formula is C17H19N5O2. The van der Waals surface area contributed by atoms with Crippen molar-refractivity contribution in [3.05, 3.63) is 53.8 Å². The Labute approximate surface area is 140 Å². The molecule has 0 aliphatic rings. The molecule has 0 fully saturated rings. The van der Waals surface area contributed by atoms with Crippen LogP contribution in [0.3, 0.4) is 0 Å². The Balaban J connectivity index is 1.58. The summed E-state index contributed by atoms with van der Waals surface area (Å²) in [6.45, 7) is 2.95. The molecule has 0 saturated carbocycles. The second-order valence-corrected chi connectivity index (χ2v) is 5.29. The minimum Gasteiger partial charge on any atom is -0.421 e. The van der Waals surface area contributed by atoms with E-state index in [1.54, 1.807) is 7.11 Å². The van der Waals surface area contributed by atoms with Crippen molar-refractivity contribution in [2.24, 2.45) is 0 Å². The van der Waals surface area contributed by atoms with E-state index in [1.165, 1.54) is 0 Å². The summed E-state index contributed by atoms with van der Waals surface area (Å²) in [5.74, 6) is 2.54. The summed E-state index contributed by atoms with van der Waals surface area (Å²) in [4.78, 5) is 8.70. The number of aromatic nitrogens is 4. The molecule has 0 unspecified atom stereocenters. The molecule has 0 atom stereocenters. The highest BCUT2D eigenvalue weighted by molar-refractivity contribution is 5.51. The number of nitrogens with zero attached hydrogens (tertiary/aromatic N) is 4. The van der Waals surface area contributed by atoms with E-state index in [0.717, 1.165) is 17.1 Å². The summed E-state index contributed by atoms with van der Waals surface area (Å²) < 4.78 is 10.7. The van der Waals surface area contributed by atoms with Crippen molar-refractivity contribution < 1.29 is 9.15 Å². The van der Waals surface area contributed by atoms with Crippen molar-refractivity contribution in [1.82, 2.24) is 20.2 Å². The van der Waals surface area contributed by atoms with Crippen molar-refractivity contribution in [1.29, 1.82) is 0 Å². The van der Waals surface area contributed by atoms with Crippen LogP contribution < -0.4 is 5.32 Å². The molecular weight excluding hydrogens is 306 g/mol. The third-order valence-corrected chi connectivity index (χ3v) is 3.31. The Hall–Kier alpha value is -2.80. The molecule has 0 aliphatic heterocycles. The lowest BCUT2D eigenvalue weighted by Gasteiger charge is -2.07. The number of hydrogen-bond donors (Lipinski definition) is 1. The van der Waals surface area contributed by atoms with Crippen molar-refractivity contribution in [3.8, 4) is 11.5 Å². The molecule has 3 rings (SSSR count). The molecule has 2 heterocycles. The van der Waals surface area contributed by atoms with E-state index in [9.17, 15) is 0 Å². The maximum atomic E-state index is 5.68. The fourth-order valence-electron chi connectivity index (χ4n) is 2.26. The Kier molecular flexibility index (Phi) is 5.12. The highest BCUT2D eigenvalue weighted by atomic mass is 16.5. The molecule has 0 aliphatic carbocycles. The molecule has 0 radical (unpaired) electrons. The average Bonchev–Trinajstić information content (AvgIpc) is 3.04. The summed E-state index contributed by atoms with van der Waals surface area (Å²) >= 11 is 0. The van der Waals surface area contributed by atoms with Crippen molar-refractivity contribution in [2.45, 2.75) is 20.0 Å². The minimum absolute atomic E-state index is 0.389. The van der Waals surface area contributed by atoms with Crippen molar-refractivity contribution >= 4 is 5.82 Å². The van der Waals surface area contributed by atoms with Crippen LogP contribution in [0.25, 0.3) is 11.5 Å². The summed E-state index contributed by atoms with van der Waals surface area (Å²) in [5.41, 5.74) is 1.81. The fourth-order valence-corrected chi connectivity index (χ4v) is 2.26. The van der Waals surface area contributed by atoms with Crippen LogP contribution in [0, 0.1) is 6.92 Å². The summed E-state index contributed by atoms with van der Waals surface area (Å²) in [5, 5.41) is 11.4. The summed E-state index contributed by atoms with van der Waals surface area (Å²) in [7, 11) is 1.62. The normalized spacial score (nSPS) is 10.8. The van der Waals surface area contributed by atoms with Gasteiger partial charge >= 0.3 is 0 Å². The Morgan fingerprint density at radius 1 is 1.12 bits per heavy atom. The predicted octanol–water partition coefficient (Wildman–Crippen LogP) is 2.64. The van der Waals surface area contributed by atoms with Crippen LogP contribution in [0.15, 0.2) is 40.8 Å². The largest absolute Gasteiger partial charge is 0.421 e. The van der Waals surface area contributed by atoms with Crippen LogP contribution in [-0.2, 0) is 17.8 Å². The number of benzene rings is 1. The van der Waals surface area contributed by atoms with Crippen LogP contribution in [0.1, 0.15) is 17.4 Å². The van der Waals surface area contributed by atoms with Crippen LogP contribution in [-0.4, -0.2) is 33.8 Å². The molecule has 0 spiro atoms. The van der Waals surface area contributed by atoms with Crippen molar-refractivity contribution in [2.75, 3.05) is 19.0 Å². The van der Waals surface area contributed by atoms with Gasteiger partial charge in [0.25, 0.3) is 0 Å². The number of methoxy groups -OCH3 is 1. The van der Waals surface area contributed by atoms with Crippen LogP contribution in [0.2, 0.25) is 0 Å². The van der Waals surface area contributed by atoms with Gasteiger partial charge in [0.05, 0.1) is 0 Å². The molecule has 124 valence electrons. The average molecular weight is 325 g/mol. The Morgan fingerprint density at radius 2 is 1.96 bits per heavy atom. The maximum absolute atomic E-state index is 5.68. The lowest BCUT2D eigenvalue weighted by molar-refractivity contribution is 0.177. The minimum atomic E-state index is 0.389. The lowest BCUT2D eigenvalue weighted by atomic mass is 10.2. The summed E-state index contributed by atoms with van der Waals surface area (Å²) in [6.07, 6.45) is 0.614. The number of hydrogen-bond acceptors (Lipinski definition) is 7. The topological polar surface area (TPSA) is 86.0 Å². The first-order valence-electron chi connectivity index (χ1n) is 7.70. The van der Waals surface area contributed by atoms with E-state index in [1.807, 2.05) is 43.3 Å². The monoisotopic (exact) mass is 325 g/mol. The van der Waals surface area contributed by atoms with Gasteiger partial charge in [-0.2, -0.15) is 0 Å². The molecule has 0 bridgehead atoms. The zero-order chi connectivity index (χ0) is 16.8. The van der Waals surface area contributed by atoms with E-state index in [4.69, 9.17) is 9.15 Å². The first-order valence-corrected chi connectivity index (χ1v) is 7.70. The molecule has 7 nitrogen and oxygen atoms in total. The number of anilines is 1. The zero-order valence-corrected chi connectivity index (χ0v) is 13.7. The SMILES string of the molecule is COCc1nc(C)cc(NCCc2nnc(-c3ccccc3)o2)n1. The molecule has 0 saturated heterocycles. The molecule has 24 heavy (non-hydrogen) atoms. The fraction of sp³-hybridized carbons (Fsp3) is 0.294. The molecule has 7 heteroatoms. The molecule has 0 amide bonds. The van der Waals surface area contributed by atoms with Gasteiger partial charge in [0.15, 0.2) is 5.82 Å². The first-order chi connectivity index (χ1) is 11.7. The van der Waals surface area contributed by atoms with E-state index < -0.39 is 0 Å². The van der Waals surface area contributed by atoms with E-state index in [2.05, 4.69) is 25.5 Å². The molecule has 1 N–H and O–H groups in total. The smallest absolute Gasteiger partial charge is 0.247 e. The van der Waals surface area contributed by atoms with Crippen LogP contribution in [0.5, 0.6) is 0 Å². The first kappa shape index (κ1) is 16.1. The third kappa shape index (κ3) is 4.14. The van der Waals surface area contributed by atoms with Crippen LogP contribution >= 0.6 is 0 Å². The third-order valence-electron chi connectivity index (χ3n) is 3.31. The highest BCUT2D eigenvalue weighted by Gasteiger charge is 2.08. The van der Waals surface area contributed by atoms with Gasteiger partial charge in [0.2, 0.25) is 11.8 Å². The predicted molar refractivity (Wildman–Crippen MR) is 89.4 cm³/mol. The quantitative estimate of drug-likeness (QED) is 0.714. The van der Waals surface area contributed by atoms with Gasteiger partial charge < -0.3 is 14.5 Å². The zero-order valence-electron chi connectivity index (χ0n) is 13.7. The molecule has 1 aromatic carbocycles. The van der Waals surface area contributed by atoms with E-state index >= 15 is 0 Å². The molecule has 2 aromatic heterocycles. The number of ether oxygens (including phenoxy) is 1. The highest BCUT2D eigenvalue weighted by Crippen LogP contribution is 2.17. The maximum Gasteiger partial charge on any atom is 0.247 e. The van der Waals surface area contributed by atoms with Gasteiger partial charge in [0, 0.05) is 37.4 Å². The van der Waals surface area contributed by atoms with Gasteiger partial charge in [-0.25, -0.2) is 9.97 Å². The van der Waals surface area contributed by atoms with Gasteiger partial charge in [-0.3, -0.25) is 0 Å². The van der Waals surface area contributed by atoms with Gasteiger partial charge in [-0.1, -0.05) is 18.2 Å². The van der Waals surface area contributed by atoms with Gasteiger partial charge in [-0.15, -0.1) is 10.2 Å². The van der Waals surface area contributed by atoms with Gasteiger partial charge in [-0.05, 0) is 19.1 Å². The second kappa shape index (κ2) is 7.65. The summed E-state index contributed by atoms with van der Waals surface area (Å²) in [6, 6.07) is 11.6. The van der Waals surface area contributed by atoms with Crippen molar-refractivity contribution in [3.63, 3.8) is 0 Å². The molecule has 3 aromatic rings. The van der Waals surface area contributed by atoms with E-state index in [-0.39, 0.29) is 0 Å². The Morgan fingerprint density at radius 3 is 2.75 bits per heavy atom. The Bertz CT molecular complexity index is 789. The number of aryl methyl sites for hydroxylation is 1. The van der Waals surface area contributed by atoms with Crippen LogP contribution in [0.4, 0.5) is 5.82 Å². The number of nitrogens with one attached hydrogen (secondary N) is 1. The standard InChI is InChI=1S/C17H19N5O2/c1-12-10-14(20-15(19-12)11-23-2)18-9-8-16-21-22-17(24-16)13-6-4-3-5-7-13/h3-7,10H,8-9,11H2,1-2H3,(H,18,19,20). The lowest BCUT2D eigenvalue weighted by Crippen LogP contribution is -2.09. The number of rotatable bonds is 7.